The second kappa shape index (κ2) is 6.76. The van der Waals surface area contributed by atoms with Crippen molar-refractivity contribution in [1.82, 2.24) is 5.32 Å². The molecule has 0 aromatic carbocycles. The molecule has 0 amide bonds. The zero-order valence-electron chi connectivity index (χ0n) is 9.36. The Kier molecular flexibility index (Phi) is 6.47. The Hall–Kier alpha value is -0.650. The normalized spacial score (nSPS) is 13.9. The second-order valence-electron chi connectivity index (χ2n) is 4.05. The molecule has 0 aliphatic rings. The van der Waals surface area contributed by atoms with E-state index in [2.05, 4.69) is 5.32 Å². The van der Waals surface area contributed by atoms with E-state index in [9.17, 15) is 4.79 Å². The predicted octanol–water partition coefficient (Wildman–Crippen LogP) is -0.0373. The first-order valence-corrected chi connectivity index (χ1v) is 5.21. The van der Waals surface area contributed by atoms with Gasteiger partial charge in [0, 0.05) is 0 Å². The van der Waals surface area contributed by atoms with E-state index in [0.717, 1.165) is 12.8 Å². The molecule has 15 heavy (non-hydrogen) atoms. The zero-order chi connectivity index (χ0) is 11.9. The Morgan fingerprint density at radius 1 is 1.40 bits per heavy atom. The van der Waals surface area contributed by atoms with Gasteiger partial charge >= 0.3 is 5.97 Å². The summed E-state index contributed by atoms with van der Waals surface area (Å²) in [5, 5.41) is 29.7. The Morgan fingerprint density at radius 3 is 2.27 bits per heavy atom. The van der Waals surface area contributed by atoms with Crippen molar-refractivity contribution < 1.29 is 20.1 Å². The lowest BCUT2D eigenvalue weighted by molar-refractivity contribution is -0.140. The quantitative estimate of drug-likeness (QED) is 0.460. The van der Waals surface area contributed by atoms with Gasteiger partial charge in [0.2, 0.25) is 0 Å². The smallest absolute Gasteiger partial charge is 0.320 e. The highest BCUT2D eigenvalue weighted by molar-refractivity contribution is 5.73. The molecule has 0 fully saturated rings. The Bertz CT molecular complexity index is 192. The number of unbranched alkanes of at least 4 members (excludes halogenated alkanes) is 1. The molecule has 0 saturated carbocycles. The Balaban J connectivity index is 4.32. The number of nitrogens with one attached hydrogen (secondary N) is 1. The number of hydrogen-bond donors (Lipinski definition) is 4. The van der Waals surface area contributed by atoms with E-state index in [4.69, 9.17) is 15.3 Å². The molecule has 0 aromatic rings. The molecule has 5 heteroatoms. The molecule has 0 aliphatic heterocycles. The van der Waals surface area contributed by atoms with E-state index in [1.165, 1.54) is 0 Å². The van der Waals surface area contributed by atoms with Crippen molar-refractivity contribution in [2.45, 2.75) is 44.7 Å². The zero-order valence-corrected chi connectivity index (χ0v) is 9.36. The van der Waals surface area contributed by atoms with E-state index in [1.807, 2.05) is 6.92 Å². The van der Waals surface area contributed by atoms with Crippen molar-refractivity contribution in [2.24, 2.45) is 0 Å². The van der Waals surface area contributed by atoms with Gasteiger partial charge in [-0.3, -0.25) is 10.1 Å². The van der Waals surface area contributed by atoms with Crippen LogP contribution < -0.4 is 5.32 Å². The number of aliphatic hydroxyl groups excluding tert-OH is 2. The first-order chi connectivity index (χ1) is 6.99. The third kappa shape index (κ3) is 5.11. The van der Waals surface area contributed by atoms with Gasteiger partial charge in [0.15, 0.2) is 0 Å². The summed E-state index contributed by atoms with van der Waals surface area (Å²) in [7, 11) is 0. The van der Waals surface area contributed by atoms with Crippen molar-refractivity contribution in [1.29, 1.82) is 0 Å². The van der Waals surface area contributed by atoms with Gasteiger partial charge < -0.3 is 15.3 Å². The molecular formula is C10H21NO4. The number of carboxylic acids is 1. The lowest BCUT2D eigenvalue weighted by Crippen LogP contribution is -2.55. The van der Waals surface area contributed by atoms with Crippen LogP contribution in [0.1, 0.15) is 33.1 Å². The molecule has 90 valence electrons. The van der Waals surface area contributed by atoms with Crippen LogP contribution in [0.2, 0.25) is 0 Å². The molecular weight excluding hydrogens is 198 g/mol. The molecule has 0 aromatic heterocycles. The van der Waals surface area contributed by atoms with Crippen LogP contribution in [0.4, 0.5) is 0 Å². The first-order valence-electron chi connectivity index (χ1n) is 5.21. The summed E-state index contributed by atoms with van der Waals surface area (Å²) in [5.74, 6) is -0.948. The maximum Gasteiger partial charge on any atom is 0.320 e. The van der Waals surface area contributed by atoms with Gasteiger partial charge in [-0.2, -0.15) is 0 Å². The van der Waals surface area contributed by atoms with Gasteiger partial charge in [-0.15, -0.1) is 0 Å². The lowest BCUT2D eigenvalue weighted by Gasteiger charge is -2.30. The largest absolute Gasteiger partial charge is 0.480 e. The van der Waals surface area contributed by atoms with Crippen LogP contribution in [0, 0.1) is 0 Å². The molecule has 0 radical (unpaired) electrons. The summed E-state index contributed by atoms with van der Waals surface area (Å²) < 4.78 is 0. The standard InChI is InChI=1S/C10H21NO4/c1-3-4-5-8(9(14)15)11-10(2,6-12)7-13/h8,11-13H,3-7H2,1-2H3,(H,14,15). The molecule has 0 rings (SSSR count). The van der Waals surface area contributed by atoms with E-state index in [0.29, 0.717) is 6.42 Å². The van der Waals surface area contributed by atoms with Crippen LogP contribution in [0.5, 0.6) is 0 Å². The third-order valence-corrected chi connectivity index (χ3v) is 2.37. The molecule has 0 aliphatic carbocycles. The van der Waals surface area contributed by atoms with Crippen molar-refractivity contribution in [2.75, 3.05) is 13.2 Å². The molecule has 0 saturated heterocycles. The van der Waals surface area contributed by atoms with E-state index in [1.54, 1.807) is 6.92 Å². The molecule has 4 N–H and O–H groups in total. The summed E-state index contributed by atoms with van der Waals surface area (Å²) >= 11 is 0. The molecule has 0 spiro atoms. The summed E-state index contributed by atoms with van der Waals surface area (Å²) in [5.41, 5.74) is -0.934. The highest BCUT2D eigenvalue weighted by Gasteiger charge is 2.28. The van der Waals surface area contributed by atoms with Gasteiger partial charge in [-0.05, 0) is 13.3 Å². The van der Waals surface area contributed by atoms with Crippen LogP contribution in [0.25, 0.3) is 0 Å². The fraction of sp³-hybridized carbons (Fsp3) is 0.900. The van der Waals surface area contributed by atoms with Gasteiger partial charge in [-0.1, -0.05) is 19.8 Å². The maximum absolute atomic E-state index is 10.9. The molecule has 0 heterocycles. The predicted molar refractivity (Wildman–Crippen MR) is 56.7 cm³/mol. The minimum absolute atomic E-state index is 0.292. The lowest BCUT2D eigenvalue weighted by atomic mass is 10.0. The topological polar surface area (TPSA) is 89.8 Å². The summed E-state index contributed by atoms with van der Waals surface area (Å²) in [6.07, 6.45) is 2.22. The minimum atomic E-state index is -0.948. The Labute approximate surface area is 90.1 Å². The fourth-order valence-electron chi connectivity index (χ4n) is 1.23. The minimum Gasteiger partial charge on any atom is -0.480 e. The van der Waals surface area contributed by atoms with Crippen LogP contribution in [-0.4, -0.2) is 46.1 Å². The highest BCUT2D eigenvalue weighted by Crippen LogP contribution is 2.08. The van der Waals surface area contributed by atoms with Crippen molar-refractivity contribution in [3.05, 3.63) is 0 Å². The SMILES string of the molecule is CCCCC(NC(C)(CO)CO)C(=O)O. The number of carbonyl (C=O) groups is 1. The van der Waals surface area contributed by atoms with Gasteiger partial charge in [0.1, 0.15) is 6.04 Å². The Morgan fingerprint density at radius 2 is 1.93 bits per heavy atom. The molecule has 5 nitrogen and oxygen atoms in total. The molecule has 1 unspecified atom stereocenters. The highest BCUT2D eigenvalue weighted by atomic mass is 16.4. The van der Waals surface area contributed by atoms with Crippen molar-refractivity contribution >= 4 is 5.97 Å². The fourth-order valence-corrected chi connectivity index (χ4v) is 1.23. The van der Waals surface area contributed by atoms with Gasteiger partial charge in [0.25, 0.3) is 0 Å². The van der Waals surface area contributed by atoms with Gasteiger partial charge in [-0.25, -0.2) is 0 Å². The van der Waals surface area contributed by atoms with Gasteiger partial charge in [0.05, 0.1) is 18.8 Å². The van der Waals surface area contributed by atoms with E-state index in [-0.39, 0.29) is 13.2 Å². The number of rotatable bonds is 8. The number of hydrogen-bond acceptors (Lipinski definition) is 4. The van der Waals surface area contributed by atoms with E-state index >= 15 is 0 Å². The number of carboxylic acid groups (broad SMARTS) is 1. The van der Waals surface area contributed by atoms with Crippen LogP contribution >= 0.6 is 0 Å². The maximum atomic E-state index is 10.9. The van der Waals surface area contributed by atoms with Crippen molar-refractivity contribution in [3.63, 3.8) is 0 Å². The average Bonchev–Trinajstić information content (AvgIpc) is 2.23. The van der Waals surface area contributed by atoms with E-state index < -0.39 is 17.6 Å². The molecule has 0 bridgehead atoms. The molecule has 1 atom stereocenters. The van der Waals surface area contributed by atoms with Crippen LogP contribution in [0.15, 0.2) is 0 Å². The summed E-state index contributed by atoms with van der Waals surface area (Å²) in [6, 6.07) is -0.714. The number of aliphatic hydroxyl groups is 2. The second-order valence-corrected chi connectivity index (χ2v) is 4.05. The average molecular weight is 219 g/mol. The number of aliphatic carboxylic acids is 1. The van der Waals surface area contributed by atoms with Crippen LogP contribution in [-0.2, 0) is 4.79 Å². The summed E-state index contributed by atoms with van der Waals surface area (Å²) in [4.78, 5) is 10.9. The van der Waals surface area contributed by atoms with Crippen molar-refractivity contribution in [3.8, 4) is 0 Å². The first kappa shape index (κ1) is 14.3. The van der Waals surface area contributed by atoms with Crippen LogP contribution in [0.3, 0.4) is 0 Å². The monoisotopic (exact) mass is 219 g/mol. The third-order valence-electron chi connectivity index (χ3n) is 2.37. The summed E-state index contributed by atoms with van der Waals surface area (Å²) in [6.45, 7) is 2.99.